The van der Waals surface area contributed by atoms with Crippen LogP contribution in [0.25, 0.3) is 0 Å². The van der Waals surface area contributed by atoms with E-state index in [0.717, 1.165) is 12.3 Å². The van der Waals surface area contributed by atoms with Crippen LogP contribution in [0.3, 0.4) is 0 Å². The molecule has 3 N–H and O–H groups in total. The third-order valence-electron chi connectivity index (χ3n) is 1.95. The Morgan fingerprint density at radius 2 is 1.94 bits per heavy atom. The smallest absolute Gasteiger partial charge is 0.396 e. The highest BCUT2D eigenvalue weighted by Gasteiger charge is 2.32. The minimum absolute atomic E-state index is 0.109. The van der Waals surface area contributed by atoms with Gasteiger partial charge in [0.05, 0.1) is 0 Å². The standard InChI is InChI=1S/C9H11F3N2O.C2H6/c10-9(11,12)8-2-1-6(5-14-8)7(13)3-4-15;1-2/h1-2,5,7,15H,3-4,13H2;1-2H3. The summed E-state index contributed by atoms with van der Waals surface area (Å²) in [6.07, 6.45) is -3.05. The number of nitrogens with zero attached hydrogens (tertiary/aromatic N) is 1. The van der Waals surface area contributed by atoms with E-state index >= 15 is 0 Å². The number of hydrogen-bond donors (Lipinski definition) is 2. The van der Waals surface area contributed by atoms with Gasteiger partial charge in [0.1, 0.15) is 5.69 Å². The van der Waals surface area contributed by atoms with Crippen LogP contribution in [0.1, 0.15) is 37.6 Å². The molecule has 1 unspecified atom stereocenters. The third-order valence-corrected chi connectivity index (χ3v) is 1.95. The highest BCUT2D eigenvalue weighted by atomic mass is 19.4. The Morgan fingerprint density at radius 1 is 1.35 bits per heavy atom. The largest absolute Gasteiger partial charge is 0.433 e. The molecule has 0 aliphatic rings. The van der Waals surface area contributed by atoms with Crippen molar-refractivity contribution < 1.29 is 18.3 Å². The van der Waals surface area contributed by atoms with Crippen LogP contribution in [0.15, 0.2) is 18.3 Å². The van der Waals surface area contributed by atoms with Gasteiger partial charge in [-0.2, -0.15) is 13.2 Å². The predicted molar refractivity (Wildman–Crippen MR) is 59.2 cm³/mol. The van der Waals surface area contributed by atoms with Crippen LogP contribution < -0.4 is 5.73 Å². The number of nitrogens with two attached hydrogens (primary N) is 1. The quantitative estimate of drug-likeness (QED) is 0.866. The van der Waals surface area contributed by atoms with E-state index in [9.17, 15) is 13.2 Å². The maximum absolute atomic E-state index is 12.1. The predicted octanol–water partition coefficient (Wildman–Crippen LogP) is 2.51. The molecule has 0 spiro atoms. The summed E-state index contributed by atoms with van der Waals surface area (Å²) >= 11 is 0. The number of alkyl halides is 3. The number of rotatable bonds is 3. The zero-order chi connectivity index (χ0) is 13.5. The molecule has 0 fully saturated rings. The fraction of sp³-hybridized carbons (Fsp3) is 0.545. The van der Waals surface area contributed by atoms with Crippen molar-refractivity contribution in [3.8, 4) is 0 Å². The Labute approximate surface area is 98.5 Å². The van der Waals surface area contributed by atoms with E-state index in [0.29, 0.717) is 12.0 Å². The molecule has 1 aromatic heterocycles. The summed E-state index contributed by atoms with van der Waals surface area (Å²) in [6, 6.07) is 1.67. The number of aromatic nitrogens is 1. The molecule has 0 aromatic carbocycles. The first kappa shape index (κ1) is 15.9. The summed E-state index contributed by atoms with van der Waals surface area (Å²) in [4.78, 5) is 3.27. The number of aliphatic hydroxyl groups excluding tert-OH is 1. The Hall–Kier alpha value is -1.14. The number of aliphatic hydroxyl groups is 1. The second-order valence-corrected chi connectivity index (χ2v) is 3.09. The molecule has 1 atom stereocenters. The first-order valence-corrected chi connectivity index (χ1v) is 5.34. The topological polar surface area (TPSA) is 59.1 Å². The van der Waals surface area contributed by atoms with E-state index in [2.05, 4.69) is 4.98 Å². The SMILES string of the molecule is CC.NC(CCO)c1ccc(C(F)(F)F)nc1. The van der Waals surface area contributed by atoms with E-state index in [-0.39, 0.29) is 6.61 Å². The lowest BCUT2D eigenvalue weighted by Crippen LogP contribution is -2.14. The van der Waals surface area contributed by atoms with Crippen LogP contribution >= 0.6 is 0 Å². The second-order valence-electron chi connectivity index (χ2n) is 3.09. The first-order chi connectivity index (χ1) is 7.95. The van der Waals surface area contributed by atoms with E-state index in [1.807, 2.05) is 13.8 Å². The van der Waals surface area contributed by atoms with Crippen molar-refractivity contribution in [2.24, 2.45) is 5.73 Å². The van der Waals surface area contributed by atoms with E-state index in [4.69, 9.17) is 10.8 Å². The molecule has 1 rings (SSSR count). The van der Waals surface area contributed by atoms with Crippen LogP contribution in [0, 0.1) is 0 Å². The van der Waals surface area contributed by atoms with Crippen LogP contribution in [-0.2, 0) is 6.18 Å². The van der Waals surface area contributed by atoms with Crippen LogP contribution in [0.5, 0.6) is 0 Å². The average Bonchev–Trinajstić information content (AvgIpc) is 2.31. The Morgan fingerprint density at radius 3 is 2.29 bits per heavy atom. The molecule has 6 heteroatoms. The van der Waals surface area contributed by atoms with Gasteiger partial charge in [0.15, 0.2) is 0 Å². The van der Waals surface area contributed by atoms with Crippen LogP contribution in [0.2, 0.25) is 0 Å². The van der Waals surface area contributed by atoms with Crippen molar-refractivity contribution in [2.75, 3.05) is 6.61 Å². The lowest BCUT2D eigenvalue weighted by Gasteiger charge is -2.11. The van der Waals surface area contributed by atoms with Crippen molar-refractivity contribution in [2.45, 2.75) is 32.5 Å². The summed E-state index contributed by atoms with van der Waals surface area (Å²) in [7, 11) is 0. The van der Waals surface area contributed by atoms with Gasteiger partial charge in [-0.25, -0.2) is 0 Å². The van der Waals surface area contributed by atoms with Crippen molar-refractivity contribution in [3.63, 3.8) is 0 Å². The maximum atomic E-state index is 12.1. The molecular formula is C11H17F3N2O. The molecule has 0 aliphatic heterocycles. The summed E-state index contributed by atoms with van der Waals surface area (Å²) in [5, 5.41) is 8.60. The van der Waals surface area contributed by atoms with Gasteiger partial charge in [0.2, 0.25) is 0 Å². The molecule has 98 valence electrons. The summed E-state index contributed by atoms with van der Waals surface area (Å²) in [5.41, 5.74) is 5.12. The van der Waals surface area contributed by atoms with Crippen molar-refractivity contribution in [1.29, 1.82) is 0 Å². The molecular weight excluding hydrogens is 233 g/mol. The molecule has 3 nitrogen and oxygen atoms in total. The lowest BCUT2D eigenvalue weighted by atomic mass is 10.1. The van der Waals surface area contributed by atoms with Gasteiger partial charge in [0.25, 0.3) is 0 Å². The monoisotopic (exact) mass is 250 g/mol. The Bertz CT molecular complexity index is 311. The highest BCUT2D eigenvalue weighted by Crippen LogP contribution is 2.27. The van der Waals surface area contributed by atoms with Crippen LogP contribution in [0.4, 0.5) is 13.2 Å². The fourth-order valence-electron chi connectivity index (χ4n) is 1.10. The Kier molecular flexibility index (Phi) is 6.75. The minimum Gasteiger partial charge on any atom is -0.396 e. The van der Waals surface area contributed by atoms with E-state index in [1.54, 1.807) is 0 Å². The number of hydrogen-bond acceptors (Lipinski definition) is 3. The third kappa shape index (κ3) is 5.14. The van der Waals surface area contributed by atoms with Gasteiger partial charge in [-0.15, -0.1) is 0 Å². The zero-order valence-electron chi connectivity index (χ0n) is 9.83. The van der Waals surface area contributed by atoms with Gasteiger partial charge < -0.3 is 10.8 Å². The highest BCUT2D eigenvalue weighted by molar-refractivity contribution is 5.18. The summed E-state index contributed by atoms with van der Waals surface area (Å²) in [5.74, 6) is 0. The van der Waals surface area contributed by atoms with Crippen molar-refractivity contribution in [1.82, 2.24) is 4.98 Å². The molecule has 0 aliphatic carbocycles. The lowest BCUT2D eigenvalue weighted by molar-refractivity contribution is -0.141. The molecule has 0 amide bonds. The molecule has 0 bridgehead atoms. The Balaban J connectivity index is 0.00000121. The van der Waals surface area contributed by atoms with Gasteiger partial charge in [-0.1, -0.05) is 19.9 Å². The number of pyridine rings is 1. The summed E-state index contributed by atoms with van der Waals surface area (Å²) in [6.45, 7) is 3.89. The molecule has 1 aromatic rings. The summed E-state index contributed by atoms with van der Waals surface area (Å²) < 4.78 is 36.4. The van der Waals surface area contributed by atoms with Gasteiger partial charge in [0, 0.05) is 18.8 Å². The van der Waals surface area contributed by atoms with E-state index in [1.165, 1.54) is 6.07 Å². The zero-order valence-corrected chi connectivity index (χ0v) is 9.83. The van der Waals surface area contributed by atoms with Gasteiger partial charge in [-0.05, 0) is 18.1 Å². The van der Waals surface area contributed by atoms with E-state index < -0.39 is 17.9 Å². The average molecular weight is 250 g/mol. The molecule has 1 heterocycles. The normalized spacial score (nSPS) is 12.6. The van der Waals surface area contributed by atoms with Crippen molar-refractivity contribution in [3.05, 3.63) is 29.6 Å². The molecule has 17 heavy (non-hydrogen) atoms. The molecule has 0 saturated carbocycles. The van der Waals surface area contributed by atoms with Gasteiger partial charge in [-0.3, -0.25) is 4.98 Å². The molecule has 0 saturated heterocycles. The van der Waals surface area contributed by atoms with Gasteiger partial charge >= 0.3 is 6.18 Å². The fourth-order valence-corrected chi connectivity index (χ4v) is 1.10. The second kappa shape index (κ2) is 7.24. The minimum atomic E-state index is -4.43. The molecule has 0 radical (unpaired) electrons. The van der Waals surface area contributed by atoms with Crippen molar-refractivity contribution >= 4 is 0 Å². The first-order valence-electron chi connectivity index (χ1n) is 5.34. The maximum Gasteiger partial charge on any atom is 0.433 e. The number of halogens is 3. The van der Waals surface area contributed by atoms with Crippen LogP contribution in [-0.4, -0.2) is 16.7 Å².